The Hall–Kier alpha value is -1.63. The smallest absolute Gasteiger partial charge is 0.410 e. The number of carbonyl (C=O) groups is 1. The van der Waals surface area contributed by atoms with Crippen molar-refractivity contribution in [2.75, 3.05) is 26.7 Å². The summed E-state index contributed by atoms with van der Waals surface area (Å²) < 4.78 is 11.0. The van der Waals surface area contributed by atoms with Crippen LogP contribution in [0.5, 0.6) is 0 Å². The van der Waals surface area contributed by atoms with Crippen LogP contribution in [0.25, 0.3) is 0 Å². The zero-order valence-electron chi connectivity index (χ0n) is 15.7. The van der Waals surface area contributed by atoms with Gasteiger partial charge in [0, 0.05) is 27.1 Å². The normalized spacial score (nSPS) is 20.7. The number of likely N-dealkylation sites (tertiary alicyclic amines) is 1. The average Bonchev–Trinajstić information content (AvgIpc) is 2.91. The van der Waals surface area contributed by atoms with Gasteiger partial charge >= 0.3 is 6.09 Å². The summed E-state index contributed by atoms with van der Waals surface area (Å²) in [5, 5.41) is 8.05. The van der Waals surface area contributed by atoms with E-state index in [1.807, 2.05) is 20.8 Å². The molecule has 0 radical (unpaired) electrons. The lowest BCUT2D eigenvalue weighted by Gasteiger charge is -2.37. The van der Waals surface area contributed by atoms with Gasteiger partial charge in [-0.05, 0) is 53.0 Å². The predicted molar refractivity (Wildman–Crippen MR) is 90.6 cm³/mol. The molecule has 1 saturated heterocycles. The monoisotopic (exact) mass is 338 g/mol. The van der Waals surface area contributed by atoms with E-state index in [0.717, 1.165) is 25.9 Å². The molecule has 1 aromatic rings. The van der Waals surface area contributed by atoms with Crippen LogP contribution in [0.3, 0.4) is 0 Å². The molecule has 24 heavy (non-hydrogen) atoms. The van der Waals surface area contributed by atoms with Crippen LogP contribution in [-0.2, 0) is 4.74 Å². The van der Waals surface area contributed by atoms with E-state index in [2.05, 4.69) is 22.0 Å². The van der Waals surface area contributed by atoms with Gasteiger partial charge in [0.1, 0.15) is 5.60 Å². The number of nitrogens with zero attached hydrogens (tertiary/aromatic N) is 4. The van der Waals surface area contributed by atoms with Crippen LogP contribution in [0, 0.1) is 12.8 Å². The van der Waals surface area contributed by atoms with Crippen LogP contribution in [0.1, 0.15) is 58.4 Å². The van der Waals surface area contributed by atoms with E-state index in [0.29, 0.717) is 24.2 Å². The van der Waals surface area contributed by atoms with Gasteiger partial charge in [-0.2, -0.15) is 0 Å². The Morgan fingerprint density at radius 3 is 2.75 bits per heavy atom. The quantitative estimate of drug-likeness (QED) is 0.840. The van der Waals surface area contributed by atoms with Crippen LogP contribution in [0.4, 0.5) is 4.79 Å². The highest BCUT2D eigenvalue weighted by molar-refractivity contribution is 5.67. The Kier molecular flexibility index (Phi) is 5.85. The van der Waals surface area contributed by atoms with Crippen molar-refractivity contribution in [1.82, 2.24) is 20.0 Å². The minimum Gasteiger partial charge on any atom is -0.444 e. The fourth-order valence-corrected chi connectivity index (χ4v) is 3.04. The summed E-state index contributed by atoms with van der Waals surface area (Å²) in [4.78, 5) is 16.2. The number of carbonyl (C=O) groups excluding carboxylic acids is 1. The first-order valence-corrected chi connectivity index (χ1v) is 8.64. The number of ether oxygens (including phenoxy) is 1. The lowest BCUT2D eigenvalue weighted by molar-refractivity contribution is 0.0226. The second-order valence-corrected chi connectivity index (χ2v) is 7.70. The van der Waals surface area contributed by atoms with E-state index in [9.17, 15) is 4.79 Å². The molecule has 0 bridgehead atoms. The van der Waals surface area contributed by atoms with Gasteiger partial charge in [0.15, 0.2) is 0 Å². The van der Waals surface area contributed by atoms with Crippen molar-refractivity contribution in [3.8, 4) is 0 Å². The predicted octanol–water partition coefficient (Wildman–Crippen LogP) is 3.02. The van der Waals surface area contributed by atoms with E-state index in [-0.39, 0.29) is 12.1 Å². The minimum absolute atomic E-state index is 0.0980. The van der Waals surface area contributed by atoms with Gasteiger partial charge in [-0.25, -0.2) is 4.79 Å². The number of amides is 1. The molecule has 0 aromatic carbocycles. The summed E-state index contributed by atoms with van der Waals surface area (Å²) in [6, 6.07) is 0.0980. The zero-order valence-corrected chi connectivity index (χ0v) is 15.7. The number of aromatic nitrogens is 2. The summed E-state index contributed by atoms with van der Waals surface area (Å²) in [5.74, 6) is 1.67. The second-order valence-electron chi connectivity index (χ2n) is 7.70. The molecule has 0 unspecified atom stereocenters. The maximum Gasteiger partial charge on any atom is 0.410 e. The molecule has 7 heteroatoms. The Morgan fingerprint density at radius 1 is 1.46 bits per heavy atom. The van der Waals surface area contributed by atoms with Crippen LogP contribution in [0.2, 0.25) is 0 Å². The minimum atomic E-state index is -0.464. The maximum absolute atomic E-state index is 12.1. The second kappa shape index (κ2) is 7.51. The average molecular weight is 338 g/mol. The van der Waals surface area contributed by atoms with Crippen molar-refractivity contribution in [3.63, 3.8) is 0 Å². The number of hydrogen-bond donors (Lipinski definition) is 0. The largest absolute Gasteiger partial charge is 0.444 e. The number of rotatable bonds is 4. The molecule has 136 valence electrons. The van der Waals surface area contributed by atoms with E-state index in [1.54, 1.807) is 18.9 Å². The van der Waals surface area contributed by atoms with Crippen molar-refractivity contribution in [2.24, 2.45) is 5.92 Å². The molecule has 2 heterocycles. The maximum atomic E-state index is 12.1. The third kappa shape index (κ3) is 5.19. The van der Waals surface area contributed by atoms with Gasteiger partial charge in [-0.1, -0.05) is 0 Å². The van der Waals surface area contributed by atoms with Crippen molar-refractivity contribution in [3.05, 3.63) is 11.8 Å². The van der Waals surface area contributed by atoms with Gasteiger partial charge in [-0.3, -0.25) is 4.90 Å². The lowest BCUT2D eigenvalue weighted by atomic mass is 9.96. The number of piperidine rings is 1. The third-order valence-electron chi connectivity index (χ3n) is 4.23. The SMILES string of the molecule is Cc1nnc([C@H](C)N2CCC[C@H](CN(C)C(=O)OC(C)(C)C)C2)o1. The van der Waals surface area contributed by atoms with Gasteiger partial charge < -0.3 is 14.1 Å². The molecule has 1 aromatic heterocycles. The summed E-state index contributed by atoms with van der Waals surface area (Å²) in [6.07, 6.45) is 1.95. The standard InChI is InChI=1S/C17H30N4O3/c1-12(15-19-18-13(2)23-15)21-9-7-8-14(11-21)10-20(6)16(22)24-17(3,4)5/h12,14H,7-11H2,1-6H3/t12-,14+/m0/s1. The highest BCUT2D eigenvalue weighted by Crippen LogP contribution is 2.26. The Labute approximate surface area is 144 Å². The molecule has 0 saturated carbocycles. The van der Waals surface area contributed by atoms with Gasteiger partial charge in [0.2, 0.25) is 11.8 Å². The molecule has 2 atom stereocenters. The lowest BCUT2D eigenvalue weighted by Crippen LogP contribution is -2.43. The molecular weight excluding hydrogens is 308 g/mol. The third-order valence-corrected chi connectivity index (χ3v) is 4.23. The fourth-order valence-electron chi connectivity index (χ4n) is 3.04. The van der Waals surface area contributed by atoms with Gasteiger partial charge in [0.25, 0.3) is 0 Å². The molecule has 2 rings (SSSR count). The van der Waals surface area contributed by atoms with Crippen molar-refractivity contribution >= 4 is 6.09 Å². The summed E-state index contributed by atoms with van der Waals surface area (Å²) in [6.45, 7) is 12.2. The molecule has 0 spiro atoms. The first-order chi connectivity index (χ1) is 11.2. The highest BCUT2D eigenvalue weighted by Gasteiger charge is 2.29. The van der Waals surface area contributed by atoms with E-state index in [1.165, 1.54) is 0 Å². The molecule has 1 aliphatic rings. The molecule has 0 N–H and O–H groups in total. The van der Waals surface area contributed by atoms with Crippen LogP contribution in [-0.4, -0.2) is 58.4 Å². The van der Waals surface area contributed by atoms with Crippen LogP contribution < -0.4 is 0 Å². The Bertz CT molecular complexity index is 552. The van der Waals surface area contributed by atoms with E-state index >= 15 is 0 Å². The molecule has 1 aliphatic heterocycles. The Morgan fingerprint density at radius 2 is 2.17 bits per heavy atom. The first-order valence-electron chi connectivity index (χ1n) is 8.64. The summed E-state index contributed by atoms with van der Waals surface area (Å²) >= 11 is 0. The van der Waals surface area contributed by atoms with Crippen molar-refractivity contribution in [2.45, 2.75) is 59.1 Å². The number of aryl methyl sites for hydroxylation is 1. The first kappa shape index (κ1) is 18.7. The molecule has 7 nitrogen and oxygen atoms in total. The molecule has 0 aliphatic carbocycles. The van der Waals surface area contributed by atoms with Crippen molar-refractivity contribution < 1.29 is 13.9 Å². The highest BCUT2D eigenvalue weighted by atomic mass is 16.6. The molecular formula is C17H30N4O3. The zero-order chi connectivity index (χ0) is 17.9. The topological polar surface area (TPSA) is 71.7 Å². The van der Waals surface area contributed by atoms with Gasteiger partial charge in [-0.15, -0.1) is 10.2 Å². The summed E-state index contributed by atoms with van der Waals surface area (Å²) in [7, 11) is 1.80. The fraction of sp³-hybridized carbons (Fsp3) is 0.824. The molecule has 1 fully saturated rings. The van der Waals surface area contributed by atoms with Crippen LogP contribution in [0.15, 0.2) is 4.42 Å². The Balaban J connectivity index is 1.89. The van der Waals surface area contributed by atoms with Crippen molar-refractivity contribution in [1.29, 1.82) is 0 Å². The van der Waals surface area contributed by atoms with E-state index < -0.39 is 5.60 Å². The van der Waals surface area contributed by atoms with E-state index in [4.69, 9.17) is 9.15 Å². The summed E-state index contributed by atoms with van der Waals surface area (Å²) in [5.41, 5.74) is -0.464. The van der Waals surface area contributed by atoms with Crippen LogP contribution >= 0.6 is 0 Å². The molecule has 1 amide bonds. The number of hydrogen-bond acceptors (Lipinski definition) is 6. The van der Waals surface area contributed by atoms with Gasteiger partial charge in [0.05, 0.1) is 6.04 Å².